The second kappa shape index (κ2) is 8.56. The Kier molecular flexibility index (Phi) is 5.71. The number of hydrogen-bond donors (Lipinski definition) is 2. The van der Waals surface area contributed by atoms with Gasteiger partial charge in [0.2, 0.25) is 0 Å². The Bertz CT molecular complexity index is 787. The molecule has 150 valence electrons. The van der Waals surface area contributed by atoms with E-state index in [0.717, 1.165) is 35.9 Å². The molecule has 3 heterocycles. The Balaban J connectivity index is 1.34. The minimum absolute atomic E-state index is 0.0628. The minimum Gasteiger partial charge on any atom is -0.486 e. The predicted molar refractivity (Wildman–Crippen MR) is 105 cm³/mol. The summed E-state index contributed by atoms with van der Waals surface area (Å²) in [6.07, 6.45) is 4.05. The first-order chi connectivity index (χ1) is 13.7. The Labute approximate surface area is 165 Å². The standard InChI is InChI=1S/C21H27N3O4/c1-15(16-6-7-19-20(13-16)28-12-11-27-19)23-21(25)22-14-17(18-5-4-10-26-18)24-8-2-3-9-24/h4-7,10,13,15,17H,2-3,8-9,11-12,14H2,1H3,(H2,22,23,25). The van der Waals surface area contributed by atoms with Gasteiger partial charge in [0.15, 0.2) is 11.5 Å². The summed E-state index contributed by atoms with van der Waals surface area (Å²) < 4.78 is 16.8. The van der Waals surface area contributed by atoms with Crippen LogP contribution < -0.4 is 20.1 Å². The number of rotatable bonds is 6. The van der Waals surface area contributed by atoms with Gasteiger partial charge in [-0.15, -0.1) is 0 Å². The highest BCUT2D eigenvalue weighted by atomic mass is 16.6. The molecule has 1 saturated heterocycles. The summed E-state index contributed by atoms with van der Waals surface area (Å²) >= 11 is 0. The number of furan rings is 1. The first kappa shape index (κ1) is 18.7. The van der Waals surface area contributed by atoms with Crippen molar-refractivity contribution in [2.45, 2.75) is 31.8 Å². The van der Waals surface area contributed by atoms with Gasteiger partial charge in [-0.25, -0.2) is 4.79 Å². The van der Waals surface area contributed by atoms with E-state index in [1.165, 1.54) is 12.8 Å². The van der Waals surface area contributed by atoms with Crippen LogP contribution >= 0.6 is 0 Å². The molecule has 1 aromatic carbocycles. The topological polar surface area (TPSA) is 76.0 Å². The van der Waals surface area contributed by atoms with Gasteiger partial charge in [-0.3, -0.25) is 4.90 Å². The van der Waals surface area contributed by atoms with E-state index >= 15 is 0 Å². The zero-order valence-electron chi connectivity index (χ0n) is 16.1. The lowest BCUT2D eigenvalue weighted by Gasteiger charge is -2.26. The highest BCUT2D eigenvalue weighted by Gasteiger charge is 2.26. The summed E-state index contributed by atoms with van der Waals surface area (Å²) in [6.45, 7) is 5.63. The number of ether oxygens (including phenoxy) is 2. The molecule has 0 radical (unpaired) electrons. The van der Waals surface area contributed by atoms with Crippen molar-refractivity contribution in [2.75, 3.05) is 32.8 Å². The quantitative estimate of drug-likeness (QED) is 0.798. The molecule has 0 saturated carbocycles. The normalized spacial score (nSPS) is 18.5. The van der Waals surface area contributed by atoms with Gasteiger partial charge in [-0.2, -0.15) is 0 Å². The fourth-order valence-corrected chi connectivity index (χ4v) is 3.79. The average molecular weight is 385 g/mol. The van der Waals surface area contributed by atoms with E-state index < -0.39 is 0 Å². The lowest BCUT2D eigenvalue weighted by molar-refractivity contribution is 0.171. The van der Waals surface area contributed by atoms with Crippen molar-refractivity contribution in [2.24, 2.45) is 0 Å². The number of likely N-dealkylation sites (tertiary alicyclic amines) is 1. The Morgan fingerprint density at radius 3 is 2.68 bits per heavy atom. The molecule has 7 heteroatoms. The van der Waals surface area contributed by atoms with Crippen molar-refractivity contribution in [3.05, 3.63) is 47.9 Å². The summed E-state index contributed by atoms with van der Waals surface area (Å²) in [5, 5.41) is 6.00. The Hall–Kier alpha value is -2.67. The number of amides is 2. The molecule has 1 aromatic heterocycles. The molecule has 1 fully saturated rings. The summed E-state index contributed by atoms with van der Waals surface area (Å²) in [5.74, 6) is 2.37. The van der Waals surface area contributed by atoms with E-state index in [-0.39, 0.29) is 18.1 Å². The molecule has 4 rings (SSSR count). The summed E-state index contributed by atoms with van der Waals surface area (Å²) in [4.78, 5) is 14.8. The fourth-order valence-electron chi connectivity index (χ4n) is 3.79. The maximum atomic E-state index is 12.5. The van der Waals surface area contributed by atoms with Gasteiger partial charge < -0.3 is 24.5 Å². The van der Waals surface area contributed by atoms with Crippen LogP contribution in [0.4, 0.5) is 4.79 Å². The maximum Gasteiger partial charge on any atom is 0.315 e. The largest absolute Gasteiger partial charge is 0.486 e. The molecule has 2 aliphatic heterocycles. The van der Waals surface area contributed by atoms with Gasteiger partial charge in [0.05, 0.1) is 18.3 Å². The van der Waals surface area contributed by atoms with Crippen molar-refractivity contribution >= 4 is 6.03 Å². The van der Waals surface area contributed by atoms with Crippen LogP contribution in [0.15, 0.2) is 41.0 Å². The zero-order valence-corrected chi connectivity index (χ0v) is 16.1. The Morgan fingerprint density at radius 1 is 1.14 bits per heavy atom. The molecule has 2 aliphatic rings. The number of hydrogen-bond acceptors (Lipinski definition) is 5. The second-order valence-corrected chi connectivity index (χ2v) is 7.25. The van der Waals surface area contributed by atoms with E-state index in [2.05, 4.69) is 15.5 Å². The summed E-state index contributed by atoms with van der Waals surface area (Å²) in [6, 6.07) is 9.35. The number of urea groups is 1. The number of fused-ring (bicyclic) bond motifs is 1. The monoisotopic (exact) mass is 385 g/mol. The molecule has 2 unspecified atom stereocenters. The number of nitrogens with one attached hydrogen (secondary N) is 2. The summed E-state index contributed by atoms with van der Waals surface area (Å²) in [5.41, 5.74) is 0.974. The molecule has 2 atom stereocenters. The minimum atomic E-state index is -0.196. The smallest absolute Gasteiger partial charge is 0.315 e. The maximum absolute atomic E-state index is 12.5. The van der Waals surface area contributed by atoms with Crippen LogP contribution in [0, 0.1) is 0 Å². The van der Waals surface area contributed by atoms with Gasteiger partial charge >= 0.3 is 6.03 Å². The number of carbonyl (C=O) groups excluding carboxylic acids is 1. The van der Waals surface area contributed by atoms with E-state index in [0.29, 0.717) is 19.8 Å². The number of carbonyl (C=O) groups is 1. The molecular weight excluding hydrogens is 358 g/mol. The lowest BCUT2D eigenvalue weighted by atomic mass is 10.1. The highest BCUT2D eigenvalue weighted by Crippen LogP contribution is 2.32. The van der Waals surface area contributed by atoms with Crippen LogP contribution in [0.3, 0.4) is 0 Å². The van der Waals surface area contributed by atoms with Crippen molar-refractivity contribution in [1.29, 1.82) is 0 Å². The second-order valence-electron chi connectivity index (χ2n) is 7.25. The van der Waals surface area contributed by atoms with E-state index in [9.17, 15) is 4.79 Å². The predicted octanol–water partition coefficient (Wildman–Crippen LogP) is 3.25. The van der Waals surface area contributed by atoms with Crippen LogP contribution in [0.1, 0.15) is 43.2 Å². The molecule has 0 bridgehead atoms. The van der Waals surface area contributed by atoms with Gasteiger partial charge in [0.25, 0.3) is 0 Å². The molecule has 0 spiro atoms. The molecule has 7 nitrogen and oxygen atoms in total. The van der Waals surface area contributed by atoms with Crippen LogP contribution in [-0.2, 0) is 0 Å². The average Bonchev–Trinajstić information content (AvgIpc) is 3.42. The van der Waals surface area contributed by atoms with Crippen molar-refractivity contribution < 1.29 is 18.7 Å². The third-order valence-electron chi connectivity index (χ3n) is 5.32. The fraction of sp³-hybridized carbons (Fsp3) is 0.476. The third kappa shape index (κ3) is 4.25. The first-order valence-corrected chi connectivity index (χ1v) is 9.92. The van der Waals surface area contributed by atoms with Crippen molar-refractivity contribution in [3.63, 3.8) is 0 Å². The molecule has 2 aromatic rings. The van der Waals surface area contributed by atoms with Gasteiger partial charge in [0.1, 0.15) is 19.0 Å². The molecule has 0 aliphatic carbocycles. The van der Waals surface area contributed by atoms with Gasteiger partial charge in [0, 0.05) is 6.54 Å². The highest BCUT2D eigenvalue weighted by molar-refractivity contribution is 5.74. The van der Waals surface area contributed by atoms with Crippen LogP contribution in [0.25, 0.3) is 0 Å². The van der Waals surface area contributed by atoms with Gasteiger partial charge in [-0.05, 0) is 62.7 Å². The van der Waals surface area contributed by atoms with E-state index in [1.54, 1.807) is 6.26 Å². The molecule has 2 amide bonds. The van der Waals surface area contributed by atoms with Crippen molar-refractivity contribution in [3.8, 4) is 11.5 Å². The lowest BCUT2D eigenvalue weighted by Crippen LogP contribution is -2.42. The van der Waals surface area contributed by atoms with Crippen LogP contribution in [0.5, 0.6) is 11.5 Å². The SMILES string of the molecule is CC(NC(=O)NCC(c1ccco1)N1CCCC1)c1ccc2c(c1)OCCO2. The zero-order chi connectivity index (χ0) is 19.3. The number of nitrogens with zero attached hydrogens (tertiary/aromatic N) is 1. The van der Waals surface area contributed by atoms with Crippen molar-refractivity contribution in [1.82, 2.24) is 15.5 Å². The first-order valence-electron chi connectivity index (χ1n) is 9.92. The summed E-state index contributed by atoms with van der Waals surface area (Å²) in [7, 11) is 0. The molecular formula is C21H27N3O4. The molecule has 28 heavy (non-hydrogen) atoms. The van der Waals surface area contributed by atoms with E-state index in [1.807, 2.05) is 37.3 Å². The van der Waals surface area contributed by atoms with Crippen LogP contribution in [0.2, 0.25) is 0 Å². The number of benzene rings is 1. The van der Waals surface area contributed by atoms with Gasteiger partial charge in [-0.1, -0.05) is 6.07 Å². The van der Waals surface area contributed by atoms with Crippen LogP contribution in [-0.4, -0.2) is 43.8 Å². The molecule has 2 N–H and O–H groups in total. The van der Waals surface area contributed by atoms with E-state index in [4.69, 9.17) is 13.9 Å². The third-order valence-corrected chi connectivity index (χ3v) is 5.32. The Morgan fingerprint density at radius 2 is 1.93 bits per heavy atom.